The van der Waals surface area contributed by atoms with Gasteiger partial charge in [0.15, 0.2) is 5.16 Å². The third kappa shape index (κ3) is 3.89. The van der Waals surface area contributed by atoms with Crippen LogP contribution in [-0.4, -0.2) is 20.3 Å². The van der Waals surface area contributed by atoms with Crippen LogP contribution in [0.2, 0.25) is 0 Å². The highest BCUT2D eigenvalue weighted by molar-refractivity contribution is 7.99. The van der Waals surface area contributed by atoms with Crippen molar-refractivity contribution in [3.63, 3.8) is 0 Å². The summed E-state index contributed by atoms with van der Waals surface area (Å²) in [5.74, 6) is 1.29. The first-order valence-electron chi connectivity index (χ1n) is 9.01. The molecule has 5 heteroatoms. The molecule has 0 saturated carbocycles. The Morgan fingerprint density at radius 2 is 1.79 bits per heavy atom. The molecule has 0 bridgehead atoms. The van der Waals surface area contributed by atoms with Crippen molar-refractivity contribution in [2.75, 3.05) is 5.75 Å². The fraction of sp³-hybridized carbons (Fsp3) is 0.0870. The standard InChI is InChI=1S/C23H19N3OS/c1-17-13-14-21(24-16-17)26-22(27)19-11-5-6-12-20(19)25-23(26)28-15-7-10-18-8-3-2-4-9-18/h2-14,16H,15H2,1H3. The summed E-state index contributed by atoms with van der Waals surface area (Å²) in [5.41, 5.74) is 2.79. The number of benzene rings is 2. The van der Waals surface area contributed by atoms with Crippen molar-refractivity contribution in [2.24, 2.45) is 0 Å². The zero-order valence-corrected chi connectivity index (χ0v) is 16.3. The predicted octanol–water partition coefficient (Wildman–Crippen LogP) is 4.89. The zero-order valence-electron chi connectivity index (χ0n) is 15.4. The molecule has 0 aliphatic heterocycles. The second kappa shape index (κ2) is 8.23. The molecule has 2 aromatic heterocycles. The summed E-state index contributed by atoms with van der Waals surface area (Å²) in [7, 11) is 0. The van der Waals surface area contributed by atoms with Gasteiger partial charge in [0.05, 0.1) is 10.9 Å². The monoisotopic (exact) mass is 385 g/mol. The van der Waals surface area contributed by atoms with Gasteiger partial charge in [-0.2, -0.15) is 0 Å². The number of hydrogen-bond acceptors (Lipinski definition) is 4. The maximum atomic E-state index is 13.1. The van der Waals surface area contributed by atoms with Gasteiger partial charge in [0.2, 0.25) is 0 Å². The molecule has 0 radical (unpaired) electrons. The van der Waals surface area contributed by atoms with E-state index in [-0.39, 0.29) is 5.56 Å². The molecule has 2 aromatic carbocycles. The van der Waals surface area contributed by atoms with E-state index in [1.165, 1.54) is 11.8 Å². The summed E-state index contributed by atoms with van der Waals surface area (Å²) in [5, 5.41) is 1.23. The number of nitrogens with zero attached hydrogens (tertiary/aromatic N) is 3. The Morgan fingerprint density at radius 3 is 2.57 bits per heavy atom. The largest absolute Gasteiger partial charge is 0.268 e. The fourth-order valence-electron chi connectivity index (χ4n) is 2.87. The molecular weight excluding hydrogens is 366 g/mol. The van der Waals surface area contributed by atoms with Crippen LogP contribution in [0.15, 0.2) is 89.0 Å². The minimum Gasteiger partial charge on any atom is -0.268 e. The van der Waals surface area contributed by atoms with E-state index in [1.807, 2.05) is 55.5 Å². The molecule has 4 aromatic rings. The van der Waals surface area contributed by atoms with Crippen LogP contribution in [0.25, 0.3) is 22.8 Å². The van der Waals surface area contributed by atoms with Crippen LogP contribution in [0.4, 0.5) is 0 Å². The second-order valence-electron chi connectivity index (χ2n) is 6.37. The topological polar surface area (TPSA) is 47.8 Å². The lowest BCUT2D eigenvalue weighted by Crippen LogP contribution is -2.22. The summed E-state index contributed by atoms with van der Waals surface area (Å²) in [6.07, 6.45) is 5.91. The van der Waals surface area contributed by atoms with Gasteiger partial charge in [-0.1, -0.05) is 72.4 Å². The van der Waals surface area contributed by atoms with Gasteiger partial charge in [-0.25, -0.2) is 14.5 Å². The molecule has 0 amide bonds. The predicted molar refractivity (Wildman–Crippen MR) is 116 cm³/mol. The first kappa shape index (κ1) is 18.2. The quantitative estimate of drug-likeness (QED) is 0.362. The van der Waals surface area contributed by atoms with Crippen molar-refractivity contribution in [3.8, 4) is 5.82 Å². The van der Waals surface area contributed by atoms with Crippen LogP contribution >= 0.6 is 11.8 Å². The Hall–Kier alpha value is -3.18. The molecule has 28 heavy (non-hydrogen) atoms. The molecule has 4 rings (SSSR count). The number of aromatic nitrogens is 3. The molecule has 0 atom stereocenters. The van der Waals surface area contributed by atoms with Gasteiger partial charge in [0.25, 0.3) is 5.56 Å². The van der Waals surface area contributed by atoms with E-state index in [4.69, 9.17) is 4.98 Å². The van der Waals surface area contributed by atoms with Crippen LogP contribution < -0.4 is 5.56 Å². The number of thioether (sulfide) groups is 1. The summed E-state index contributed by atoms with van der Waals surface area (Å²) < 4.78 is 1.60. The summed E-state index contributed by atoms with van der Waals surface area (Å²) in [4.78, 5) is 22.3. The average molecular weight is 385 g/mol. The molecule has 0 spiro atoms. The van der Waals surface area contributed by atoms with Crippen LogP contribution in [0, 0.1) is 6.92 Å². The maximum absolute atomic E-state index is 13.1. The molecule has 0 saturated heterocycles. The normalized spacial score (nSPS) is 11.3. The molecular formula is C23H19N3OS. The van der Waals surface area contributed by atoms with Crippen molar-refractivity contribution in [1.29, 1.82) is 0 Å². The molecule has 0 aliphatic carbocycles. The highest BCUT2D eigenvalue weighted by atomic mass is 32.2. The Labute approximate surface area is 167 Å². The van der Waals surface area contributed by atoms with E-state index in [0.717, 1.165) is 11.1 Å². The molecule has 0 N–H and O–H groups in total. The van der Waals surface area contributed by atoms with Crippen LogP contribution in [0.1, 0.15) is 11.1 Å². The van der Waals surface area contributed by atoms with Crippen molar-refractivity contribution in [1.82, 2.24) is 14.5 Å². The second-order valence-corrected chi connectivity index (χ2v) is 7.36. The number of fused-ring (bicyclic) bond motifs is 1. The lowest BCUT2D eigenvalue weighted by atomic mass is 10.2. The molecule has 4 nitrogen and oxygen atoms in total. The van der Waals surface area contributed by atoms with E-state index < -0.39 is 0 Å². The van der Waals surface area contributed by atoms with Gasteiger partial charge in [0.1, 0.15) is 5.82 Å². The van der Waals surface area contributed by atoms with E-state index >= 15 is 0 Å². The van der Waals surface area contributed by atoms with E-state index in [0.29, 0.717) is 27.6 Å². The molecule has 2 heterocycles. The number of aryl methyl sites for hydroxylation is 1. The van der Waals surface area contributed by atoms with E-state index in [1.54, 1.807) is 16.8 Å². The average Bonchev–Trinajstić information content (AvgIpc) is 2.73. The molecule has 0 fully saturated rings. The first-order valence-corrected chi connectivity index (χ1v) is 10.0. The van der Waals surface area contributed by atoms with E-state index in [2.05, 4.69) is 29.3 Å². The molecule has 0 aliphatic rings. The lowest BCUT2D eigenvalue weighted by molar-refractivity contribution is 0.795. The Kier molecular flexibility index (Phi) is 5.35. The van der Waals surface area contributed by atoms with Gasteiger partial charge in [-0.15, -0.1) is 0 Å². The highest BCUT2D eigenvalue weighted by Gasteiger charge is 2.13. The van der Waals surface area contributed by atoms with Gasteiger partial charge in [-0.05, 0) is 36.2 Å². The number of rotatable bonds is 5. The zero-order chi connectivity index (χ0) is 19.3. The van der Waals surface area contributed by atoms with Gasteiger partial charge in [-0.3, -0.25) is 4.79 Å². The van der Waals surface area contributed by atoms with Gasteiger partial charge in [0, 0.05) is 11.9 Å². The molecule has 0 unspecified atom stereocenters. The van der Waals surface area contributed by atoms with Crippen LogP contribution in [-0.2, 0) is 0 Å². The third-order valence-corrected chi connectivity index (χ3v) is 5.18. The van der Waals surface area contributed by atoms with Crippen molar-refractivity contribution in [2.45, 2.75) is 12.1 Å². The lowest BCUT2D eigenvalue weighted by Gasteiger charge is -2.12. The summed E-state index contributed by atoms with van der Waals surface area (Å²) in [6.45, 7) is 1.97. The third-order valence-electron chi connectivity index (χ3n) is 4.29. The maximum Gasteiger partial charge on any atom is 0.267 e. The van der Waals surface area contributed by atoms with E-state index in [9.17, 15) is 4.79 Å². The van der Waals surface area contributed by atoms with Crippen molar-refractivity contribution >= 4 is 28.7 Å². The Bertz CT molecular complexity index is 1180. The fourth-order valence-corrected chi connectivity index (χ4v) is 3.68. The minimum absolute atomic E-state index is 0.100. The number of para-hydroxylation sites is 1. The van der Waals surface area contributed by atoms with Gasteiger partial charge < -0.3 is 0 Å². The summed E-state index contributed by atoms with van der Waals surface area (Å²) >= 11 is 1.52. The van der Waals surface area contributed by atoms with Crippen LogP contribution in [0.5, 0.6) is 0 Å². The number of hydrogen-bond donors (Lipinski definition) is 0. The number of pyridine rings is 1. The van der Waals surface area contributed by atoms with Gasteiger partial charge >= 0.3 is 0 Å². The van der Waals surface area contributed by atoms with Crippen molar-refractivity contribution in [3.05, 3.63) is 100 Å². The Balaban J connectivity index is 1.71. The highest BCUT2D eigenvalue weighted by Crippen LogP contribution is 2.21. The Morgan fingerprint density at radius 1 is 1.00 bits per heavy atom. The summed E-state index contributed by atoms with van der Waals surface area (Å²) in [6, 6.07) is 21.4. The first-order chi connectivity index (χ1) is 13.7. The van der Waals surface area contributed by atoms with Crippen LogP contribution in [0.3, 0.4) is 0 Å². The van der Waals surface area contributed by atoms with Crippen molar-refractivity contribution < 1.29 is 0 Å². The molecule has 138 valence electrons. The smallest absolute Gasteiger partial charge is 0.267 e. The SMILES string of the molecule is Cc1ccc(-n2c(SCC=Cc3ccccc3)nc3ccccc3c2=O)nc1. The minimum atomic E-state index is -0.100.